The third-order valence-corrected chi connectivity index (χ3v) is 9.50. The average molecular weight is 186 g/mol. The van der Waals surface area contributed by atoms with Gasteiger partial charge in [-0.2, -0.15) is 0 Å². The van der Waals surface area contributed by atoms with E-state index >= 15 is 0 Å². The molecular weight excluding hydrogens is 162 g/mol. The fourth-order valence-corrected chi connectivity index (χ4v) is 5.95. The van der Waals surface area contributed by atoms with E-state index < -0.39 is 8.07 Å². The topological polar surface area (TPSA) is 26.0 Å². The Bertz CT molecular complexity index is 102. The lowest BCUT2D eigenvalue weighted by Crippen LogP contribution is -2.51. The van der Waals surface area contributed by atoms with Crippen LogP contribution in [0.25, 0.3) is 0 Å². The molecule has 0 aromatic heterocycles. The van der Waals surface area contributed by atoms with E-state index in [1.54, 1.807) is 0 Å². The molecule has 0 aromatic rings. The summed E-state index contributed by atoms with van der Waals surface area (Å²) < 4.78 is 0. The minimum atomic E-state index is -1.10. The second-order valence-corrected chi connectivity index (χ2v) is 9.26. The fourth-order valence-electron chi connectivity index (χ4n) is 2.06. The molecule has 0 aromatic carbocycles. The highest BCUT2D eigenvalue weighted by molar-refractivity contribution is 6.81. The third-order valence-electron chi connectivity index (χ3n) is 3.41. The molecule has 2 heteroatoms. The molecule has 1 radical (unpaired) electrons. The Hall–Kier alpha value is 0.177. The van der Waals surface area contributed by atoms with Crippen molar-refractivity contribution >= 4 is 8.07 Å². The van der Waals surface area contributed by atoms with E-state index in [0.29, 0.717) is 5.67 Å². The van der Waals surface area contributed by atoms with Crippen molar-refractivity contribution in [2.24, 2.45) is 5.73 Å². The Morgan fingerprint density at radius 1 is 1.17 bits per heavy atom. The highest BCUT2D eigenvalue weighted by atomic mass is 28.3. The monoisotopic (exact) mass is 186 g/mol. The second-order valence-electron chi connectivity index (χ2n) is 3.67. The lowest BCUT2D eigenvalue weighted by Gasteiger charge is -2.34. The molecule has 0 aliphatic heterocycles. The Labute approximate surface area is 78.7 Å². The maximum absolute atomic E-state index is 6.22. The molecule has 0 amide bonds. The zero-order valence-electron chi connectivity index (χ0n) is 8.90. The van der Waals surface area contributed by atoms with Gasteiger partial charge in [0.05, 0.1) is 8.07 Å². The maximum Gasteiger partial charge on any atom is 0.0715 e. The molecule has 2 N–H and O–H groups in total. The predicted molar refractivity (Wildman–Crippen MR) is 59.8 cm³/mol. The normalized spacial score (nSPS) is 14.8. The van der Waals surface area contributed by atoms with Gasteiger partial charge in [0.2, 0.25) is 0 Å². The lowest BCUT2D eigenvalue weighted by atomic mass is 10.3. The van der Waals surface area contributed by atoms with Crippen LogP contribution in [0.5, 0.6) is 0 Å². The first kappa shape index (κ1) is 12.2. The Kier molecular flexibility index (Phi) is 5.84. The van der Waals surface area contributed by atoms with Crippen molar-refractivity contribution in [1.29, 1.82) is 0 Å². The molecule has 12 heavy (non-hydrogen) atoms. The van der Waals surface area contributed by atoms with Gasteiger partial charge in [-0.25, -0.2) is 0 Å². The quantitative estimate of drug-likeness (QED) is 0.634. The standard InChI is InChI=1S/C10H24NSi/c1-5-9-10(11)12(6-2,7-3)8-4/h10H,1,5-9,11H2,2-4H3. The molecule has 0 saturated carbocycles. The molecule has 0 aliphatic rings. The Morgan fingerprint density at radius 3 is 1.83 bits per heavy atom. The van der Waals surface area contributed by atoms with Gasteiger partial charge in [-0.15, -0.1) is 0 Å². The maximum atomic E-state index is 6.22. The van der Waals surface area contributed by atoms with Crippen molar-refractivity contribution in [2.45, 2.75) is 57.4 Å². The minimum Gasteiger partial charge on any atom is -0.330 e. The number of nitrogens with two attached hydrogens (primary N) is 1. The van der Waals surface area contributed by atoms with Crippen molar-refractivity contribution in [3.63, 3.8) is 0 Å². The van der Waals surface area contributed by atoms with Gasteiger partial charge in [0.15, 0.2) is 0 Å². The van der Waals surface area contributed by atoms with E-state index in [-0.39, 0.29) is 0 Å². The molecule has 0 saturated heterocycles. The van der Waals surface area contributed by atoms with Gasteiger partial charge < -0.3 is 5.73 Å². The lowest BCUT2D eigenvalue weighted by molar-refractivity contribution is 0.744. The first-order valence-electron chi connectivity index (χ1n) is 5.21. The largest absolute Gasteiger partial charge is 0.330 e. The van der Waals surface area contributed by atoms with Crippen LogP contribution in [-0.2, 0) is 0 Å². The molecule has 1 unspecified atom stereocenters. The number of rotatable bonds is 6. The molecule has 0 aliphatic carbocycles. The Balaban J connectivity index is 4.24. The molecule has 0 fully saturated rings. The zero-order valence-corrected chi connectivity index (χ0v) is 9.90. The molecule has 0 spiro atoms. The fraction of sp³-hybridized carbons (Fsp3) is 0.900. The van der Waals surface area contributed by atoms with E-state index in [9.17, 15) is 0 Å². The summed E-state index contributed by atoms with van der Waals surface area (Å²) in [6, 6.07) is 4.00. The van der Waals surface area contributed by atoms with Crippen LogP contribution in [0, 0.1) is 6.92 Å². The molecule has 0 heterocycles. The van der Waals surface area contributed by atoms with Crippen molar-refractivity contribution in [1.82, 2.24) is 0 Å². The summed E-state index contributed by atoms with van der Waals surface area (Å²) in [5.41, 5.74) is 6.70. The van der Waals surface area contributed by atoms with Crippen LogP contribution < -0.4 is 5.73 Å². The van der Waals surface area contributed by atoms with Crippen molar-refractivity contribution in [3.8, 4) is 0 Å². The van der Waals surface area contributed by atoms with Gasteiger partial charge in [0, 0.05) is 0 Å². The second kappa shape index (κ2) is 5.76. The first-order valence-corrected chi connectivity index (χ1v) is 7.91. The highest BCUT2D eigenvalue weighted by Crippen LogP contribution is 2.25. The number of hydrogen-bond acceptors (Lipinski definition) is 1. The molecule has 0 rings (SSSR count). The molecule has 73 valence electrons. The van der Waals surface area contributed by atoms with Gasteiger partial charge in [-0.05, 0) is 12.1 Å². The first-order chi connectivity index (χ1) is 5.66. The van der Waals surface area contributed by atoms with Crippen molar-refractivity contribution < 1.29 is 0 Å². The summed E-state index contributed by atoms with van der Waals surface area (Å²) in [5, 5.41) is 0. The van der Waals surface area contributed by atoms with Gasteiger partial charge in [-0.1, -0.05) is 52.2 Å². The van der Waals surface area contributed by atoms with Gasteiger partial charge in [0.1, 0.15) is 0 Å². The van der Waals surface area contributed by atoms with Crippen molar-refractivity contribution in [3.05, 3.63) is 6.92 Å². The Morgan fingerprint density at radius 2 is 1.58 bits per heavy atom. The molecular formula is C10H24NSi. The van der Waals surface area contributed by atoms with Crippen molar-refractivity contribution in [2.75, 3.05) is 0 Å². The van der Waals surface area contributed by atoms with E-state index in [4.69, 9.17) is 5.73 Å². The molecule has 0 bridgehead atoms. The van der Waals surface area contributed by atoms with Crippen LogP contribution in [0.3, 0.4) is 0 Å². The summed E-state index contributed by atoms with van der Waals surface area (Å²) in [5.74, 6) is 0. The highest BCUT2D eigenvalue weighted by Gasteiger charge is 2.32. The van der Waals surface area contributed by atoms with Crippen LogP contribution in [0.2, 0.25) is 18.1 Å². The van der Waals surface area contributed by atoms with E-state index in [1.807, 2.05) is 0 Å². The van der Waals surface area contributed by atoms with Crippen LogP contribution >= 0.6 is 0 Å². The zero-order chi connectivity index (χ0) is 9.61. The van der Waals surface area contributed by atoms with Crippen LogP contribution in [0.4, 0.5) is 0 Å². The van der Waals surface area contributed by atoms with Crippen LogP contribution in [0.15, 0.2) is 0 Å². The van der Waals surface area contributed by atoms with E-state index in [0.717, 1.165) is 12.8 Å². The molecule has 1 nitrogen and oxygen atoms in total. The third kappa shape index (κ3) is 2.59. The number of hydrogen-bond donors (Lipinski definition) is 1. The average Bonchev–Trinajstić information content (AvgIpc) is 2.09. The van der Waals surface area contributed by atoms with Gasteiger partial charge >= 0.3 is 0 Å². The van der Waals surface area contributed by atoms with Gasteiger partial charge in [-0.3, -0.25) is 0 Å². The van der Waals surface area contributed by atoms with Crippen LogP contribution in [0.1, 0.15) is 33.6 Å². The summed E-state index contributed by atoms with van der Waals surface area (Å²) in [7, 11) is -1.10. The van der Waals surface area contributed by atoms with Crippen LogP contribution in [-0.4, -0.2) is 13.7 Å². The summed E-state index contributed by atoms with van der Waals surface area (Å²) in [6.07, 6.45) is 2.12. The summed E-state index contributed by atoms with van der Waals surface area (Å²) >= 11 is 0. The van der Waals surface area contributed by atoms with E-state index in [2.05, 4.69) is 27.7 Å². The van der Waals surface area contributed by atoms with E-state index in [1.165, 1.54) is 18.1 Å². The summed E-state index contributed by atoms with van der Waals surface area (Å²) in [6.45, 7) is 10.8. The van der Waals surface area contributed by atoms with Gasteiger partial charge in [0.25, 0.3) is 0 Å². The summed E-state index contributed by atoms with van der Waals surface area (Å²) in [4.78, 5) is 0. The predicted octanol–water partition coefficient (Wildman–Crippen LogP) is 2.98. The smallest absolute Gasteiger partial charge is 0.0715 e. The SMILES string of the molecule is [CH2]CCC(N)[Si](CC)(CC)CC. The molecule has 1 atom stereocenters. The minimum absolute atomic E-state index is 0.481.